The number of nitrogens with one attached hydrogen (secondary N) is 2. The lowest BCUT2D eigenvalue weighted by molar-refractivity contribution is -0.116. The summed E-state index contributed by atoms with van der Waals surface area (Å²) in [6, 6.07) is 3.58. The first-order valence-corrected chi connectivity index (χ1v) is 8.21. The van der Waals surface area contributed by atoms with Crippen LogP contribution in [0.15, 0.2) is 12.1 Å². The summed E-state index contributed by atoms with van der Waals surface area (Å²) in [5, 5.41) is 6.24. The molecule has 0 spiro atoms. The Bertz CT molecular complexity index is 578. The molecule has 1 aliphatic rings. The van der Waals surface area contributed by atoms with Crippen molar-refractivity contribution in [3.63, 3.8) is 0 Å². The summed E-state index contributed by atoms with van der Waals surface area (Å²) in [6.45, 7) is 5.90. The molecule has 1 fully saturated rings. The number of ether oxygens (including phenoxy) is 1. The molecule has 1 heterocycles. The topological polar surface area (TPSA) is 67.4 Å². The number of carbonyl (C=O) groups is 2. The SMILES string of the molecule is COC(=O)c1cc(NC(=O)CCC2CCNCC2)cc(C)c1C. The van der Waals surface area contributed by atoms with E-state index in [0.29, 0.717) is 23.6 Å². The van der Waals surface area contributed by atoms with E-state index in [4.69, 9.17) is 4.74 Å². The van der Waals surface area contributed by atoms with Crippen LogP contribution in [-0.4, -0.2) is 32.1 Å². The Kier molecular flexibility index (Phi) is 6.16. The van der Waals surface area contributed by atoms with Crippen molar-refractivity contribution >= 4 is 17.6 Å². The van der Waals surface area contributed by atoms with Gasteiger partial charge in [-0.3, -0.25) is 4.79 Å². The van der Waals surface area contributed by atoms with Gasteiger partial charge in [-0.05, 0) is 75.4 Å². The number of carbonyl (C=O) groups excluding carboxylic acids is 2. The fraction of sp³-hybridized carbons (Fsp3) is 0.556. The van der Waals surface area contributed by atoms with E-state index in [2.05, 4.69) is 10.6 Å². The average Bonchev–Trinajstić information content (AvgIpc) is 2.56. The van der Waals surface area contributed by atoms with Gasteiger partial charge >= 0.3 is 5.97 Å². The van der Waals surface area contributed by atoms with E-state index in [9.17, 15) is 9.59 Å². The van der Waals surface area contributed by atoms with Crippen LogP contribution in [0.25, 0.3) is 0 Å². The van der Waals surface area contributed by atoms with Crippen molar-refractivity contribution in [1.29, 1.82) is 0 Å². The highest BCUT2D eigenvalue weighted by Crippen LogP contribution is 2.22. The van der Waals surface area contributed by atoms with Gasteiger partial charge in [0.2, 0.25) is 5.91 Å². The Hall–Kier alpha value is -1.88. The number of benzene rings is 1. The number of aryl methyl sites for hydroxylation is 1. The highest BCUT2D eigenvalue weighted by atomic mass is 16.5. The first-order chi connectivity index (χ1) is 11.0. The Morgan fingerprint density at radius 3 is 2.61 bits per heavy atom. The van der Waals surface area contributed by atoms with Crippen LogP contribution in [0, 0.1) is 19.8 Å². The van der Waals surface area contributed by atoms with Gasteiger partial charge in [-0.25, -0.2) is 4.79 Å². The van der Waals surface area contributed by atoms with Crippen molar-refractivity contribution in [2.75, 3.05) is 25.5 Å². The minimum atomic E-state index is -0.378. The lowest BCUT2D eigenvalue weighted by atomic mass is 9.93. The number of hydrogen-bond donors (Lipinski definition) is 2. The van der Waals surface area contributed by atoms with Gasteiger partial charge in [-0.1, -0.05) is 0 Å². The number of amides is 1. The molecule has 5 heteroatoms. The van der Waals surface area contributed by atoms with Gasteiger partial charge in [-0.15, -0.1) is 0 Å². The Morgan fingerprint density at radius 1 is 1.26 bits per heavy atom. The fourth-order valence-electron chi connectivity index (χ4n) is 2.98. The molecule has 23 heavy (non-hydrogen) atoms. The third-order valence-corrected chi connectivity index (χ3v) is 4.59. The number of piperidine rings is 1. The van der Waals surface area contributed by atoms with E-state index in [0.717, 1.165) is 43.5 Å². The third kappa shape index (κ3) is 4.79. The van der Waals surface area contributed by atoms with Crippen LogP contribution in [0.3, 0.4) is 0 Å². The maximum absolute atomic E-state index is 12.2. The van der Waals surface area contributed by atoms with Gasteiger partial charge in [0.15, 0.2) is 0 Å². The molecule has 0 aliphatic carbocycles. The number of hydrogen-bond acceptors (Lipinski definition) is 4. The zero-order chi connectivity index (χ0) is 16.8. The van der Waals surface area contributed by atoms with Crippen LogP contribution in [0.2, 0.25) is 0 Å². The van der Waals surface area contributed by atoms with Gasteiger partial charge in [-0.2, -0.15) is 0 Å². The Balaban J connectivity index is 1.97. The highest BCUT2D eigenvalue weighted by Gasteiger charge is 2.16. The predicted octanol–water partition coefficient (Wildman–Crippen LogP) is 2.81. The van der Waals surface area contributed by atoms with E-state index < -0.39 is 0 Å². The molecule has 0 radical (unpaired) electrons. The molecule has 2 N–H and O–H groups in total. The molecule has 0 aromatic heterocycles. The summed E-state index contributed by atoms with van der Waals surface area (Å²) in [5.41, 5.74) is 3.00. The van der Waals surface area contributed by atoms with Crippen LogP contribution in [0.1, 0.15) is 47.2 Å². The van der Waals surface area contributed by atoms with Crippen molar-refractivity contribution in [2.45, 2.75) is 39.5 Å². The molecule has 0 unspecified atom stereocenters. The van der Waals surface area contributed by atoms with Gasteiger partial charge in [0, 0.05) is 12.1 Å². The van der Waals surface area contributed by atoms with Crippen molar-refractivity contribution in [1.82, 2.24) is 5.32 Å². The molecular weight excluding hydrogens is 292 g/mol. The number of methoxy groups -OCH3 is 1. The van der Waals surface area contributed by atoms with Crippen LogP contribution in [0.5, 0.6) is 0 Å². The molecule has 0 atom stereocenters. The predicted molar refractivity (Wildman–Crippen MR) is 90.7 cm³/mol. The normalized spacial score (nSPS) is 15.3. The van der Waals surface area contributed by atoms with Gasteiger partial charge in [0.1, 0.15) is 0 Å². The highest BCUT2D eigenvalue weighted by molar-refractivity contribution is 5.96. The number of anilines is 1. The largest absolute Gasteiger partial charge is 0.465 e. The molecule has 1 aliphatic heterocycles. The molecule has 2 rings (SSSR count). The molecular formula is C18H26N2O3. The number of esters is 1. The first kappa shape index (κ1) is 17.5. The fourth-order valence-corrected chi connectivity index (χ4v) is 2.98. The smallest absolute Gasteiger partial charge is 0.338 e. The molecule has 1 amide bonds. The summed E-state index contributed by atoms with van der Waals surface area (Å²) in [7, 11) is 1.36. The molecule has 1 aromatic carbocycles. The third-order valence-electron chi connectivity index (χ3n) is 4.59. The van der Waals surface area contributed by atoms with Crippen LogP contribution >= 0.6 is 0 Å². The summed E-state index contributed by atoms with van der Waals surface area (Å²) in [5.74, 6) is 0.256. The standard InChI is InChI=1S/C18H26N2O3/c1-12-10-15(11-16(13(12)2)18(22)23-3)20-17(21)5-4-14-6-8-19-9-7-14/h10-11,14,19H,4-9H2,1-3H3,(H,20,21). The quantitative estimate of drug-likeness (QED) is 0.819. The molecule has 126 valence electrons. The second-order valence-corrected chi connectivity index (χ2v) is 6.24. The summed E-state index contributed by atoms with van der Waals surface area (Å²) < 4.78 is 4.80. The second kappa shape index (κ2) is 8.11. The lowest BCUT2D eigenvalue weighted by Crippen LogP contribution is -2.28. The maximum Gasteiger partial charge on any atom is 0.338 e. The van der Waals surface area contributed by atoms with Crippen molar-refractivity contribution in [3.8, 4) is 0 Å². The van der Waals surface area contributed by atoms with Crippen LogP contribution in [-0.2, 0) is 9.53 Å². The molecule has 1 saturated heterocycles. The van der Waals surface area contributed by atoms with Gasteiger partial charge in [0.05, 0.1) is 12.7 Å². The molecule has 0 saturated carbocycles. The van der Waals surface area contributed by atoms with Gasteiger partial charge in [0.25, 0.3) is 0 Å². The van der Waals surface area contributed by atoms with E-state index in [-0.39, 0.29) is 11.9 Å². The van der Waals surface area contributed by atoms with Crippen molar-refractivity contribution in [2.24, 2.45) is 5.92 Å². The molecule has 0 bridgehead atoms. The minimum Gasteiger partial charge on any atom is -0.465 e. The summed E-state index contributed by atoms with van der Waals surface area (Å²) >= 11 is 0. The van der Waals surface area contributed by atoms with E-state index >= 15 is 0 Å². The lowest BCUT2D eigenvalue weighted by Gasteiger charge is -2.22. The van der Waals surface area contributed by atoms with E-state index in [1.54, 1.807) is 6.07 Å². The summed E-state index contributed by atoms with van der Waals surface area (Å²) in [6.07, 6.45) is 3.72. The van der Waals surface area contributed by atoms with E-state index in [1.165, 1.54) is 7.11 Å². The zero-order valence-electron chi connectivity index (χ0n) is 14.2. The van der Waals surface area contributed by atoms with Crippen molar-refractivity contribution < 1.29 is 14.3 Å². The Morgan fingerprint density at radius 2 is 1.96 bits per heavy atom. The second-order valence-electron chi connectivity index (χ2n) is 6.24. The van der Waals surface area contributed by atoms with E-state index in [1.807, 2.05) is 19.9 Å². The maximum atomic E-state index is 12.2. The first-order valence-electron chi connectivity index (χ1n) is 8.21. The molecule has 1 aromatic rings. The van der Waals surface area contributed by atoms with Crippen LogP contribution in [0.4, 0.5) is 5.69 Å². The van der Waals surface area contributed by atoms with Crippen molar-refractivity contribution in [3.05, 3.63) is 28.8 Å². The monoisotopic (exact) mass is 318 g/mol. The van der Waals surface area contributed by atoms with Crippen LogP contribution < -0.4 is 10.6 Å². The summed E-state index contributed by atoms with van der Waals surface area (Å²) in [4.78, 5) is 24.0. The van der Waals surface area contributed by atoms with Gasteiger partial charge < -0.3 is 15.4 Å². The minimum absolute atomic E-state index is 0.00241. The Labute approximate surface area is 137 Å². The average molecular weight is 318 g/mol. The zero-order valence-corrected chi connectivity index (χ0v) is 14.2. The number of rotatable bonds is 5. The molecule has 5 nitrogen and oxygen atoms in total.